The molecule has 0 spiro atoms. The van der Waals surface area contributed by atoms with Gasteiger partial charge in [-0.1, -0.05) is 13.0 Å². The first kappa shape index (κ1) is 10.7. The van der Waals surface area contributed by atoms with E-state index >= 15 is 0 Å². The predicted molar refractivity (Wildman–Crippen MR) is 51.3 cm³/mol. The van der Waals surface area contributed by atoms with Gasteiger partial charge in [-0.3, -0.25) is 0 Å². The molecule has 1 nitrogen and oxygen atoms in total. The zero-order chi connectivity index (χ0) is 10.1. The largest absolute Gasteiger partial charge is 0.433 e. The van der Waals surface area contributed by atoms with Crippen molar-refractivity contribution in [2.24, 2.45) is 0 Å². The smallest absolute Gasteiger partial charge is 0.237 e. The summed E-state index contributed by atoms with van der Waals surface area (Å²) in [5.74, 6) is 0. The Hall–Kier alpha value is -0.330. The quantitative estimate of drug-likeness (QED) is 0.573. The van der Waals surface area contributed by atoms with Gasteiger partial charge in [0.1, 0.15) is 9.39 Å². The van der Waals surface area contributed by atoms with E-state index in [1.165, 1.54) is 6.07 Å². The molecule has 1 aromatic rings. The van der Waals surface area contributed by atoms with Crippen LogP contribution in [-0.4, -0.2) is 4.98 Å². The van der Waals surface area contributed by atoms with E-state index in [0.29, 0.717) is 10.1 Å². The van der Waals surface area contributed by atoms with Gasteiger partial charge in [0.15, 0.2) is 0 Å². The third-order valence-corrected chi connectivity index (χ3v) is 2.53. The lowest BCUT2D eigenvalue weighted by molar-refractivity contribution is -0.141. The Morgan fingerprint density at radius 3 is 2.38 bits per heavy atom. The normalized spacial score (nSPS) is 11.8. The Morgan fingerprint density at radius 1 is 1.38 bits per heavy atom. The molecule has 13 heavy (non-hydrogen) atoms. The van der Waals surface area contributed by atoms with E-state index in [-0.39, 0.29) is 0 Å². The molecule has 0 unspecified atom stereocenters. The lowest BCUT2D eigenvalue weighted by Gasteiger charge is -2.07. The van der Waals surface area contributed by atoms with Gasteiger partial charge in [0.25, 0.3) is 0 Å². The van der Waals surface area contributed by atoms with Crippen LogP contribution in [0.5, 0.6) is 0 Å². The highest BCUT2D eigenvalue weighted by Gasteiger charge is 2.32. The van der Waals surface area contributed by atoms with Crippen LogP contribution >= 0.6 is 22.6 Å². The van der Waals surface area contributed by atoms with E-state index in [1.807, 2.05) is 29.5 Å². The fraction of sp³-hybridized carbons (Fsp3) is 0.375. The van der Waals surface area contributed by atoms with Crippen LogP contribution in [0, 0.1) is 3.70 Å². The third kappa shape index (κ3) is 2.55. The topological polar surface area (TPSA) is 12.9 Å². The summed E-state index contributed by atoms with van der Waals surface area (Å²) in [7, 11) is 0. The summed E-state index contributed by atoms with van der Waals surface area (Å²) < 4.78 is 36.8. The maximum atomic E-state index is 12.1. The van der Waals surface area contributed by atoms with Crippen molar-refractivity contribution in [2.45, 2.75) is 19.5 Å². The number of halogens is 4. The molecule has 0 saturated heterocycles. The minimum Gasteiger partial charge on any atom is -0.237 e. The first-order valence-corrected chi connectivity index (χ1v) is 4.75. The molecule has 1 aromatic heterocycles. The number of nitrogens with zero attached hydrogens (tertiary/aromatic N) is 1. The van der Waals surface area contributed by atoms with Crippen molar-refractivity contribution in [1.29, 1.82) is 0 Å². The second-order valence-corrected chi connectivity index (χ2v) is 3.52. The van der Waals surface area contributed by atoms with Crippen LogP contribution in [0.25, 0.3) is 0 Å². The molecule has 0 fully saturated rings. The maximum absolute atomic E-state index is 12.1. The number of rotatable bonds is 1. The molecule has 0 saturated carbocycles. The molecule has 0 aliphatic carbocycles. The van der Waals surface area contributed by atoms with Crippen LogP contribution in [0.15, 0.2) is 12.1 Å². The fourth-order valence-electron chi connectivity index (χ4n) is 0.885. The summed E-state index contributed by atoms with van der Waals surface area (Å²) in [5, 5.41) is 0. The van der Waals surface area contributed by atoms with Gasteiger partial charge in [-0.25, -0.2) is 4.98 Å². The van der Waals surface area contributed by atoms with Gasteiger partial charge in [0.2, 0.25) is 0 Å². The van der Waals surface area contributed by atoms with Crippen LogP contribution in [0.2, 0.25) is 0 Å². The summed E-state index contributed by atoms with van der Waals surface area (Å²) in [6.07, 6.45) is -3.64. The zero-order valence-electron chi connectivity index (χ0n) is 6.82. The Morgan fingerprint density at radius 2 is 2.00 bits per heavy atom. The second kappa shape index (κ2) is 3.81. The Bertz CT molecular complexity index is 309. The Labute approximate surface area is 87.5 Å². The van der Waals surface area contributed by atoms with Gasteiger partial charge in [-0.2, -0.15) is 13.2 Å². The zero-order valence-corrected chi connectivity index (χ0v) is 8.98. The molecule has 0 aliphatic rings. The van der Waals surface area contributed by atoms with Gasteiger partial charge in [-0.15, -0.1) is 0 Å². The van der Waals surface area contributed by atoms with Crippen molar-refractivity contribution in [2.75, 3.05) is 0 Å². The third-order valence-electron chi connectivity index (χ3n) is 1.60. The van der Waals surface area contributed by atoms with Gasteiger partial charge >= 0.3 is 6.18 Å². The first-order valence-electron chi connectivity index (χ1n) is 3.67. The summed E-state index contributed by atoms with van der Waals surface area (Å²) in [6.45, 7) is 1.88. The van der Waals surface area contributed by atoms with Crippen LogP contribution in [0.4, 0.5) is 13.2 Å². The number of pyridine rings is 1. The number of aromatic nitrogens is 1. The van der Waals surface area contributed by atoms with Gasteiger partial charge in [0.05, 0.1) is 0 Å². The van der Waals surface area contributed by atoms with E-state index in [2.05, 4.69) is 4.98 Å². The number of hydrogen-bond donors (Lipinski definition) is 0. The lowest BCUT2D eigenvalue weighted by Crippen LogP contribution is -2.09. The average Bonchev–Trinajstić information content (AvgIpc) is 2.02. The van der Waals surface area contributed by atoms with Crippen molar-refractivity contribution < 1.29 is 13.2 Å². The molecule has 0 aliphatic heterocycles. The molecular weight excluding hydrogens is 294 g/mol. The summed E-state index contributed by atoms with van der Waals surface area (Å²) >= 11 is 1.81. The highest BCUT2D eigenvalue weighted by molar-refractivity contribution is 14.1. The SMILES string of the molecule is CCc1ccc(C(F)(F)F)nc1I. The van der Waals surface area contributed by atoms with E-state index in [9.17, 15) is 13.2 Å². The molecular formula is C8H7F3IN. The molecule has 1 rings (SSSR count). The fourth-order valence-corrected chi connectivity index (χ4v) is 1.71. The van der Waals surface area contributed by atoms with Gasteiger partial charge in [0, 0.05) is 0 Å². The summed E-state index contributed by atoms with van der Waals surface area (Å²) in [4.78, 5) is 3.48. The highest BCUT2D eigenvalue weighted by Crippen LogP contribution is 2.28. The van der Waals surface area contributed by atoms with Gasteiger partial charge in [-0.05, 0) is 40.6 Å². The Kier molecular flexibility index (Phi) is 3.15. The number of alkyl halides is 3. The van der Waals surface area contributed by atoms with E-state index in [0.717, 1.165) is 11.6 Å². The monoisotopic (exact) mass is 301 g/mol. The maximum Gasteiger partial charge on any atom is 0.433 e. The Balaban J connectivity index is 3.10. The molecule has 0 bridgehead atoms. The number of aryl methyl sites for hydroxylation is 1. The molecule has 0 radical (unpaired) electrons. The van der Waals surface area contributed by atoms with Crippen LogP contribution in [-0.2, 0) is 12.6 Å². The molecule has 0 atom stereocenters. The standard InChI is InChI=1S/C8H7F3IN/c1-2-5-3-4-6(8(9,10)11)13-7(5)12/h3-4H,2H2,1H3. The minimum absolute atomic E-state index is 0.426. The highest BCUT2D eigenvalue weighted by atomic mass is 127. The minimum atomic E-state index is -4.34. The lowest BCUT2D eigenvalue weighted by atomic mass is 10.2. The van der Waals surface area contributed by atoms with Crippen LogP contribution < -0.4 is 0 Å². The predicted octanol–water partition coefficient (Wildman–Crippen LogP) is 3.27. The van der Waals surface area contributed by atoms with Gasteiger partial charge < -0.3 is 0 Å². The van der Waals surface area contributed by atoms with Crippen LogP contribution in [0.1, 0.15) is 18.2 Å². The molecule has 5 heteroatoms. The molecule has 0 aromatic carbocycles. The average molecular weight is 301 g/mol. The summed E-state index contributed by atoms with van der Waals surface area (Å²) in [6, 6.07) is 2.48. The number of hydrogen-bond acceptors (Lipinski definition) is 1. The van der Waals surface area contributed by atoms with Crippen molar-refractivity contribution in [3.05, 3.63) is 27.1 Å². The second-order valence-electron chi connectivity index (χ2n) is 2.50. The first-order chi connectivity index (χ1) is 5.95. The molecule has 72 valence electrons. The molecule has 0 N–H and O–H groups in total. The van der Waals surface area contributed by atoms with Crippen molar-refractivity contribution in [3.63, 3.8) is 0 Å². The van der Waals surface area contributed by atoms with Crippen molar-refractivity contribution in [3.8, 4) is 0 Å². The van der Waals surface area contributed by atoms with E-state index < -0.39 is 11.9 Å². The van der Waals surface area contributed by atoms with E-state index in [1.54, 1.807) is 0 Å². The summed E-state index contributed by atoms with van der Waals surface area (Å²) in [5.41, 5.74) is 0.0164. The molecule has 1 heterocycles. The molecule has 0 amide bonds. The van der Waals surface area contributed by atoms with Crippen LogP contribution in [0.3, 0.4) is 0 Å². The van der Waals surface area contributed by atoms with Crippen molar-refractivity contribution in [1.82, 2.24) is 4.98 Å². The van der Waals surface area contributed by atoms with E-state index in [4.69, 9.17) is 0 Å². The van der Waals surface area contributed by atoms with Crippen molar-refractivity contribution >= 4 is 22.6 Å².